The van der Waals surface area contributed by atoms with E-state index in [1.54, 1.807) is 0 Å². The average Bonchev–Trinajstić information content (AvgIpc) is 2.27. The van der Waals surface area contributed by atoms with E-state index < -0.39 is 0 Å². The van der Waals surface area contributed by atoms with E-state index in [4.69, 9.17) is 0 Å². The second-order valence-corrected chi connectivity index (χ2v) is 4.71. The third-order valence-corrected chi connectivity index (χ3v) is 3.54. The molecule has 3 aromatic carbocycles. The van der Waals surface area contributed by atoms with Crippen LogP contribution in [0, 0.1) is 0 Å². The minimum absolute atomic E-state index is 1.28. The predicted molar refractivity (Wildman–Crippen MR) is 68.2 cm³/mol. The first-order valence-corrected chi connectivity index (χ1v) is 5.89. The van der Waals surface area contributed by atoms with Crippen molar-refractivity contribution in [1.82, 2.24) is 0 Å². The molecule has 0 spiro atoms. The molecule has 0 bridgehead atoms. The van der Waals surface area contributed by atoms with Crippen molar-refractivity contribution in [2.45, 2.75) is 0 Å². The molecule has 0 radical (unpaired) electrons. The zero-order chi connectivity index (χ0) is 10.3. The maximum atomic E-state index is 2.64. The standard InChI is InChI=1S/C14H10Se/c15-14-7-3-6-12-8-10-4-1-2-5-11(10)9-13(12)14/h1-9,15H. The summed E-state index contributed by atoms with van der Waals surface area (Å²) in [5.74, 6) is 0. The molecule has 0 aliphatic heterocycles. The van der Waals surface area contributed by atoms with Gasteiger partial charge >= 0.3 is 96.6 Å². The number of rotatable bonds is 0. The fourth-order valence-electron chi connectivity index (χ4n) is 1.95. The van der Waals surface area contributed by atoms with Gasteiger partial charge in [0.05, 0.1) is 0 Å². The molecular weight excluding hydrogens is 247 g/mol. The summed E-state index contributed by atoms with van der Waals surface area (Å²) >= 11 is 2.64. The Balaban J connectivity index is 2.53. The maximum absolute atomic E-state index is 2.64. The first-order chi connectivity index (χ1) is 7.34. The number of hydrogen-bond donors (Lipinski definition) is 0. The molecule has 0 saturated heterocycles. The molecule has 0 atom stereocenters. The van der Waals surface area contributed by atoms with Gasteiger partial charge in [-0.3, -0.25) is 0 Å². The molecule has 0 saturated carbocycles. The van der Waals surface area contributed by atoms with Gasteiger partial charge in [-0.1, -0.05) is 0 Å². The van der Waals surface area contributed by atoms with Crippen LogP contribution in [-0.4, -0.2) is 16.0 Å². The Morgan fingerprint density at radius 2 is 1.33 bits per heavy atom. The molecule has 15 heavy (non-hydrogen) atoms. The minimum atomic E-state index is 1.28. The van der Waals surface area contributed by atoms with Gasteiger partial charge in [0, 0.05) is 0 Å². The second-order valence-electron chi connectivity index (χ2n) is 3.70. The van der Waals surface area contributed by atoms with Gasteiger partial charge in [-0.15, -0.1) is 0 Å². The third kappa shape index (κ3) is 1.45. The second kappa shape index (κ2) is 3.37. The molecule has 0 fully saturated rings. The summed E-state index contributed by atoms with van der Waals surface area (Å²) in [6, 6.07) is 19.4. The molecular formula is C14H10Se. The van der Waals surface area contributed by atoms with E-state index in [0.717, 1.165) is 0 Å². The van der Waals surface area contributed by atoms with E-state index in [1.165, 1.54) is 26.0 Å². The zero-order valence-electron chi connectivity index (χ0n) is 8.14. The number of hydrogen-bond acceptors (Lipinski definition) is 0. The van der Waals surface area contributed by atoms with Gasteiger partial charge in [0.1, 0.15) is 0 Å². The molecule has 0 N–H and O–H groups in total. The van der Waals surface area contributed by atoms with Gasteiger partial charge in [-0.25, -0.2) is 0 Å². The normalized spacial score (nSPS) is 11.0. The Bertz CT molecular complexity index is 641. The predicted octanol–water partition coefficient (Wildman–Crippen LogP) is 2.52. The summed E-state index contributed by atoms with van der Waals surface area (Å²) in [6.07, 6.45) is 0. The van der Waals surface area contributed by atoms with Crippen molar-refractivity contribution < 1.29 is 0 Å². The van der Waals surface area contributed by atoms with Crippen LogP contribution in [0.4, 0.5) is 0 Å². The summed E-state index contributed by atoms with van der Waals surface area (Å²) in [5, 5.41) is 5.26. The molecule has 1 heteroatoms. The van der Waals surface area contributed by atoms with Gasteiger partial charge in [0.25, 0.3) is 0 Å². The van der Waals surface area contributed by atoms with Crippen LogP contribution < -0.4 is 4.46 Å². The van der Waals surface area contributed by atoms with Crippen molar-refractivity contribution in [3.63, 3.8) is 0 Å². The van der Waals surface area contributed by atoms with Gasteiger partial charge in [-0.2, -0.15) is 0 Å². The van der Waals surface area contributed by atoms with Gasteiger partial charge in [0.2, 0.25) is 0 Å². The molecule has 0 nitrogen and oxygen atoms in total. The number of benzene rings is 3. The molecule has 72 valence electrons. The van der Waals surface area contributed by atoms with E-state index >= 15 is 0 Å². The molecule has 3 rings (SSSR count). The molecule has 0 aromatic heterocycles. The number of fused-ring (bicyclic) bond motifs is 2. The molecule has 0 aliphatic rings. The molecule has 0 aliphatic carbocycles. The summed E-state index contributed by atoms with van der Waals surface area (Å²) in [7, 11) is 0. The fraction of sp³-hybridized carbons (Fsp3) is 0. The summed E-state index contributed by atoms with van der Waals surface area (Å²) in [4.78, 5) is 0. The van der Waals surface area contributed by atoms with Crippen LogP contribution in [0.2, 0.25) is 0 Å². The summed E-state index contributed by atoms with van der Waals surface area (Å²) < 4.78 is 1.28. The molecule has 3 aromatic rings. The van der Waals surface area contributed by atoms with E-state index in [-0.39, 0.29) is 0 Å². The van der Waals surface area contributed by atoms with Crippen molar-refractivity contribution in [2.24, 2.45) is 0 Å². The Kier molecular flexibility index (Phi) is 2.02. The van der Waals surface area contributed by atoms with Crippen molar-refractivity contribution in [2.75, 3.05) is 0 Å². The van der Waals surface area contributed by atoms with Crippen LogP contribution in [0.3, 0.4) is 0 Å². The zero-order valence-corrected chi connectivity index (χ0v) is 10.0. The van der Waals surface area contributed by atoms with Gasteiger partial charge in [-0.05, 0) is 0 Å². The Morgan fingerprint density at radius 3 is 2.13 bits per heavy atom. The Labute approximate surface area is 96.7 Å². The SMILES string of the molecule is [SeH]c1cccc2cc3ccccc3cc12. The van der Waals surface area contributed by atoms with Crippen molar-refractivity contribution in [3.05, 3.63) is 54.6 Å². The van der Waals surface area contributed by atoms with Crippen molar-refractivity contribution in [1.29, 1.82) is 0 Å². The molecule has 0 unspecified atom stereocenters. The van der Waals surface area contributed by atoms with Crippen LogP contribution >= 0.6 is 0 Å². The third-order valence-electron chi connectivity index (χ3n) is 2.72. The van der Waals surface area contributed by atoms with Gasteiger partial charge < -0.3 is 0 Å². The summed E-state index contributed by atoms with van der Waals surface area (Å²) in [6.45, 7) is 0. The van der Waals surface area contributed by atoms with Crippen molar-refractivity contribution >= 4 is 42.0 Å². The summed E-state index contributed by atoms with van der Waals surface area (Å²) in [5.41, 5.74) is 0. The fourth-order valence-corrected chi connectivity index (χ4v) is 2.54. The average molecular weight is 257 g/mol. The van der Waals surface area contributed by atoms with E-state index in [0.29, 0.717) is 0 Å². The van der Waals surface area contributed by atoms with E-state index in [2.05, 4.69) is 70.6 Å². The van der Waals surface area contributed by atoms with E-state index in [9.17, 15) is 0 Å². The molecule has 0 heterocycles. The monoisotopic (exact) mass is 258 g/mol. The van der Waals surface area contributed by atoms with Crippen molar-refractivity contribution in [3.8, 4) is 0 Å². The Morgan fingerprint density at radius 1 is 0.667 bits per heavy atom. The first kappa shape index (κ1) is 8.96. The van der Waals surface area contributed by atoms with Crippen LogP contribution in [-0.2, 0) is 0 Å². The van der Waals surface area contributed by atoms with Crippen LogP contribution in [0.1, 0.15) is 0 Å². The van der Waals surface area contributed by atoms with Crippen LogP contribution in [0.5, 0.6) is 0 Å². The molecule has 0 amide bonds. The van der Waals surface area contributed by atoms with Crippen LogP contribution in [0.15, 0.2) is 54.6 Å². The first-order valence-electron chi connectivity index (χ1n) is 4.95. The quantitative estimate of drug-likeness (QED) is 0.429. The van der Waals surface area contributed by atoms with Crippen LogP contribution in [0.25, 0.3) is 21.5 Å². The Hall–Kier alpha value is -1.30. The van der Waals surface area contributed by atoms with Gasteiger partial charge in [0.15, 0.2) is 0 Å². The van der Waals surface area contributed by atoms with E-state index in [1.807, 2.05) is 0 Å². The topological polar surface area (TPSA) is 0 Å².